The van der Waals surface area contributed by atoms with Gasteiger partial charge in [-0.2, -0.15) is 4.31 Å². The molecule has 0 unspecified atom stereocenters. The van der Waals surface area contributed by atoms with Crippen LogP contribution in [0, 0.1) is 5.92 Å². The third-order valence-corrected chi connectivity index (χ3v) is 9.55. The summed E-state index contributed by atoms with van der Waals surface area (Å²) in [6, 6.07) is 12.2. The molecule has 7 nitrogen and oxygen atoms in total. The van der Waals surface area contributed by atoms with Gasteiger partial charge in [0.1, 0.15) is 5.65 Å². The van der Waals surface area contributed by atoms with Crippen LogP contribution in [0.1, 0.15) is 31.4 Å². The molecule has 5 rings (SSSR count). The molecule has 1 saturated heterocycles. The van der Waals surface area contributed by atoms with Gasteiger partial charge in [-0.25, -0.2) is 13.4 Å². The van der Waals surface area contributed by atoms with E-state index in [0.717, 1.165) is 42.1 Å². The zero-order valence-corrected chi connectivity index (χ0v) is 20.9. The maximum Gasteiger partial charge on any atom is 0.258 e. The Morgan fingerprint density at radius 1 is 1.15 bits per heavy atom. The molecule has 0 radical (unpaired) electrons. The Bertz CT molecular complexity index is 1340. The highest BCUT2D eigenvalue weighted by Crippen LogP contribution is 2.34. The minimum Gasteiger partial charge on any atom is -0.352 e. The number of halogens is 1. The molecule has 178 valence electrons. The van der Waals surface area contributed by atoms with Crippen molar-refractivity contribution in [2.24, 2.45) is 5.92 Å². The standard InChI is InChI=1S/C24H25ClN4O3S2/c25-18-6-8-20(9-7-18)34(31,32)28-13-10-17(11-14-28)3-2-12-26-24(30)21-15-19-16-27-22-4-1-5-23(33-21)29(19)22/h1,4-9,15-17H,2-3,10-14H2,(H,26,30). The van der Waals surface area contributed by atoms with Gasteiger partial charge in [-0.15, -0.1) is 0 Å². The number of carbonyl (C=O) groups is 1. The van der Waals surface area contributed by atoms with E-state index < -0.39 is 10.0 Å². The first kappa shape index (κ1) is 23.4. The van der Waals surface area contributed by atoms with Crippen LogP contribution < -0.4 is 5.32 Å². The highest BCUT2D eigenvalue weighted by atomic mass is 35.5. The van der Waals surface area contributed by atoms with Crippen LogP contribution in [-0.4, -0.2) is 47.6 Å². The minimum absolute atomic E-state index is 0.0710. The van der Waals surface area contributed by atoms with Crippen molar-refractivity contribution < 1.29 is 13.2 Å². The molecule has 10 heteroatoms. The van der Waals surface area contributed by atoms with Crippen molar-refractivity contribution >= 4 is 51.0 Å². The Hall–Kier alpha value is -2.33. The van der Waals surface area contributed by atoms with E-state index in [0.29, 0.717) is 35.5 Å². The van der Waals surface area contributed by atoms with E-state index in [9.17, 15) is 13.2 Å². The molecule has 34 heavy (non-hydrogen) atoms. The number of hydrogen-bond acceptors (Lipinski definition) is 5. The van der Waals surface area contributed by atoms with Gasteiger partial charge < -0.3 is 5.32 Å². The number of piperidine rings is 1. The van der Waals surface area contributed by atoms with Crippen molar-refractivity contribution in [2.45, 2.75) is 35.6 Å². The molecule has 2 aliphatic heterocycles. The number of imidazole rings is 1. The molecule has 4 heterocycles. The Labute approximate surface area is 208 Å². The summed E-state index contributed by atoms with van der Waals surface area (Å²) in [6.07, 6.45) is 7.15. The molecule has 2 aromatic heterocycles. The van der Waals surface area contributed by atoms with E-state index in [2.05, 4.69) is 10.3 Å². The number of nitrogens with one attached hydrogen (secondary N) is 1. The van der Waals surface area contributed by atoms with Crippen LogP contribution in [0.3, 0.4) is 0 Å². The smallest absolute Gasteiger partial charge is 0.258 e. The van der Waals surface area contributed by atoms with Gasteiger partial charge in [-0.1, -0.05) is 29.4 Å². The maximum atomic E-state index is 12.8. The number of amides is 1. The van der Waals surface area contributed by atoms with E-state index in [4.69, 9.17) is 11.6 Å². The second-order valence-corrected chi connectivity index (χ2v) is 12.0. The maximum absolute atomic E-state index is 12.8. The average molecular weight is 517 g/mol. The molecule has 0 bridgehead atoms. The zero-order valence-electron chi connectivity index (χ0n) is 18.5. The SMILES string of the molecule is O=C(NCCCC1CCN(S(=O)(=O)c2ccc(Cl)cc2)CC1)C1=Cc2cnc3cccc(n23)S1. The number of sulfonamides is 1. The molecule has 1 N–H and O–H groups in total. The Balaban J connectivity index is 1.07. The monoisotopic (exact) mass is 516 g/mol. The van der Waals surface area contributed by atoms with Crippen LogP contribution in [-0.2, 0) is 14.8 Å². The zero-order chi connectivity index (χ0) is 23.7. The number of rotatable bonds is 7. The van der Waals surface area contributed by atoms with E-state index in [1.165, 1.54) is 11.8 Å². The lowest BCUT2D eigenvalue weighted by Crippen LogP contribution is -2.38. The number of carbonyl (C=O) groups excluding carboxylic acids is 1. The van der Waals surface area contributed by atoms with E-state index >= 15 is 0 Å². The number of thioether (sulfide) groups is 1. The quantitative estimate of drug-likeness (QED) is 0.470. The first-order valence-electron chi connectivity index (χ1n) is 11.3. The average Bonchev–Trinajstić information content (AvgIpc) is 3.27. The lowest BCUT2D eigenvalue weighted by atomic mass is 9.93. The summed E-state index contributed by atoms with van der Waals surface area (Å²) >= 11 is 7.33. The van der Waals surface area contributed by atoms with Gasteiger partial charge in [0.2, 0.25) is 10.0 Å². The third-order valence-electron chi connectivity index (χ3n) is 6.34. The van der Waals surface area contributed by atoms with Gasteiger partial charge >= 0.3 is 0 Å². The summed E-state index contributed by atoms with van der Waals surface area (Å²) < 4.78 is 29.3. The predicted molar refractivity (Wildman–Crippen MR) is 134 cm³/mol. The summed E-state index contributed by atoms with van der Waals surface area (Å²) in [4.78, 5) is 18.0. The summed E-state index contributed by atoms with van der Waals surface area (Å²) in [5.41, 5.74) is 1.79. The molecular weight excluding hydrogens is 492 g/mol. The number of pyridine rings is 1. The molecule has 0 aliphatic carbocycles. The summed E-state index contributed by atoms with van der Waals surface area (Å²) in [5, 5.41) is 4.54. The molecule has 1 amide bonds. The van der Waals surface area contributed by atoms with E-state index in [-0.39, 0.29) is 10.8 Å². The third kappa shape index (κ3) is 4.75. The Morgan fingerprint density at radius 2 is 1.91 bits per heavy atom. The van der Waals surface area contributed by atoms with Gasteiger partial charge in [-0.3, -0.25) is 9.20 Å². The van der Waals surface area contributed by atoms with Gasteiger partial charge in [0, 0.05) is 24.7 Å². The molecule has 1 fully saturated rings. The minimum atomic E-state index is -3.48. The van der Waals surface area contributed by atoms with Crippen LogP contribution >= 0.6 is 23.4 Å². The number of aromatic nitrogens is 2. The number of hydrogen-bond donors (Lipinski definition) is 1. The molecule has 0 spiro atoms. The molecule has 0 atom stereocenters. The van der Waals surface area contributed by atoms with Crippen LogP contribution in [0.2, 0.25) is 5.02 Å². The Kier molecular flexibility index (Phi) is 6.70. The summed E-state index contributed by atoms with van der Waals surface area (Å²) in [7, 11) is -3.48. The highest BCUT2D eigenvalue weighted by molar-refractivity contribution is 8.04. The van der Waals surface area contributed by atoms with Gasteiger partial charge in [0.25, 0.3) is 5.91 Å². The first-order valence-corrected chi connectivity index (χ1v) is 14.0. The summed E-state index contributed by atoms with van der Waals surface area (Å²) in [6.45, 7) is 1.64. The molecular formula is C24H25ClN4O3S2. The van der Waals surface area contributed by atoms with Crippen molar-refractivity contribution in [3.05, 3.63) is 64.3 Å². The highest BCUT2D eigenvalue weighted by Gasteiger charge is 2.29. The fourth-order valence-electron chi connectivity index (χ4n) is 4.47. The molecule has 2 aliphatic rings. The van der Waals surface area contributed by atoms with Gasteiger partial charge in [0.05, 0.1) is 26.7 Å². The second-order valence-electron chi connectivity index (χ2n) is 8.55. The van der Waals surface area contributed by atoms with Crippen molar-refractivity contribution in [1.82, 2.24) is 19.0 Å². The van der Waals surface area contributed by atoms with Crippen LogP contribution in [0.15, 0.2) is 63.5 Å². The van der Waals surface area contributed by atoms with Gasteiger partial charge in [-0.05, 0) is 74.1 Å². The number of nitrogens with zero attached hydrogens (tertiary/aromatic N) is 3. The first-order chi connectivity index (χ1) is 16.4. The fraction of sp³-hybridized carbons (Fsp3) is 0.333. The van der Waals surface area contributed by atoms with Crippen molar-refractivity contribution in [3.63, 3.8) is 0 Å². The molecule has 3 aromatic rings. The Morgan fingerprint density at radius 3 is 2.68 bits per heavy atom. The van der Waals surface area contributed by atoms with Crippen molar-refractivity contribution in [2.75, 3.05) is 19.6 Å². The van der Waals surface area contributed by atoms with Crippen LogP contribution in [0.5, 0.6) is 0 Å². The normalized spacial score (nSPS) is 17.0. The van der Waals surface area contributed by atoms with Gasteiger partial charge in [0.15, 0.2) is 0 Å². The lowest BCUT2D eigenvalue weighted by molar-refractivity contribution is -0.116. The van der Waals surface area contributed by atoms with Crippen molar-refractivity contribution in [3.8, 4) is 0 Å². The van der Waals surface area contributed by atoms with E-state index in [1.54, 1.807) is 34.8 Å². The van der Waals surface area contributed by atoms with Crippen LogP contribution in [0.25, 0.3) is 11.7 Å². The predicted octanol–water partition coefficient (Wildman–Crippen LogP) is 4.43. The molecule has 1 aromatic carbocycles. The van der Waals surface area contributed by atoms with E-state index in [1.807, 2.05) is 28.7 Å². The van der Waals surface area contributed by atoms with Crippen molar-refractivity contribution in [1.29, 1.82) is 0 Å². The molecule has 0 saturated carbocycles. The lowest BCUT2D eigenvalue weighted by Gasteiger charge is -2.31. The topological polar surface area (TPSA) is 83.8 Å². The summed E-state index contributed by atoms with van der Waals surface area (Å²) in [5.74, 6) is 0.391. The van der Waals surface area contributed by atoms with Crippen LogP contribution in [0.4, 0.5) is 0 Å². The number of benzene rings is 1. The largest absolute Gasteiger partial charge is 0.352 e. The fourth-order valence-corrected chi connectivity index (χ4v) is 7.07. The second kappa shape index (κ2) is 9.73.